The largest absolute Gasteiger partial charge is 0.282 e. The van der Waals surface area contributed by atoms with Gasteiger partial charge in [-0.15, -0.1) is 0 Å². The zero-order valence-electron chi connectivity index (χ0n) is 17.3. The Balaban J connectivity index is 1.47. The van der Waals surface area contributed by atoms with E-state index in [0.29, 0.717) is 5.56 Å². The van der Waals surface area contributed by atoms with Gasteiger partial charge in [0.1, 0.15) is 0 Å². The summed E-state index contributed by atoms with van der Waals surface area (Å²) in [6.07, 6.45) is 3.40. The summed E-state index contributed by atoms with van der Waals surface area (Å²) in [6, 6.07) is 7.21. The number of hydrazine groups is 1. The first-order valence-electron chi connectivity index (χ1n) is 10.2. The lowest BCUT2D eigenvalue weighted by molar-refractivity contribution is -0.140. The fraction of sp³-hybridized carbons (Fsp3) is 0.545. The molecular weight excluding hydrogens is 370 g/mol. The molecule has 1 heterocycles. The molecule has 1 aliphatic carbocycles. The number of carbonyl (C=O) groups is 4. The van der Waals surface area contributed by atoms with E-state index in [1.807, 2.05) is 12.1 Å². The maximum atomic E-state index is 12.4. The maximum Gasteiger partial charge on any atom is 0.269 e. The summed E-state index contributed by atoms with van der Waals surface area (Å²) in [6.45, 7) is 6.32. The van der Waals surface area contributed by atoms with Crippen LogP contribution in [-0.4, -0.2) is 35.1 Å². The van der Waals surface area contributed by atoms with Crippen molar-refractivity contribution < 1.29 is 19.2 Å². The molecule has 156 valence electrons. The number of benzene rings is 1. The summed E-state index contributed by atoms with van der Waals surface area (Å²) in [5, 5.41) is 0. The number of imide groups is 1. The van der Waals surface area contributed by atoms with Gasteiger partial charge in [0.15, 0.2) is 0 Å². The van der Waals surface area contributed by atoms with Crippen LogP contribution in [0.5, 0.6) is 0 Å². The number of hydrogen-bond acceptors (Lipinski definition) is 4. The van der Waals surface area contributed by atoms with Crippen molar-refractivity contribution in [3.8, 4) is 0 Å². The first-order chi connectivity index (χ1) is 13.7. The molecule has 7 nitrogen and oxygen atoms in total. The number of likely N-dealkylation sites (tertiary alicyclic amines) is 1. The Hall–Kier alpha value is -2.70. The normalized spacial score (nSPS) is 21.7. The summed E-state index contributed by atoms with van der Waals surface area (Å²) >= 11 is 0. The quantitative estimate of drug-likeness (QED) is 0.600. The molecule has 0 unspecified atom stereocenters. The SMILES string of the molecule is CC(C)(C)c1ccc(C(=O)NNC(=O)CCN2C(=O)[C@H]3CCCC[C@@H]3C2=O)cc1. The molecule has 1 aromatic carbocycles. The van der Waals surface area contributed by atoms with E-state index in [2.05, 4.69) is 31.6 Å². The van der Waals surface area contributed by atoms with E-state index in [1.165, 1.54) is 4.90 Å². The second-order valence-corrected chi connectivity index (χ2v) is 8.91. The van der Waals surface area contributed by atoms with Gasteiger partial charge < -0.3 is 0 Å². The van der Waals surface area contributed by atoms with Crippen molar-refractivity contribution in [2.24, 2.45) is 11.8 Å². The van der Waals surface area contributed by atoms with Gasteiger partial charge in [0.05, 0.1) is 11.8 Å². The van der Waals surface area contributed by atoms with Crippen molar-refractivity contribution in [2.45, 2.75) is 58.3 Å². The molecule has 1 saturated heterocycles. The Morgan fingerprint density at radius 1 is 0.966 bits per heavy atom. The summed E-state index contributed by atoms with van der Waals surface area (Å²) in [5.74, 6) is -1.60. The second kappa shape index (κ2) is 8.35. The third-order valence-corrected chi connectivity index (χ3v) is 5.82. The van der Waals surface area contributed by atoms with Gasteiger partial charge in [-0.3, -0.25) is 34.9 Å². The number of carbonyl (C=O) groups excluding carboxylic acids is 4. The Kier molecular flexibility index (Phi) is 6.05. The van der Waals surface area contributed by atoms with Crippen molar-refractivity contribution in [2.75, 3.05) is 6.54 Å². The molecule has 2 N–H and O–H groups in total. The predicted molar refractivity (Wildman–Crippen MR) is 108 cm³/mol. The van der Waals surface area contributed by atoms with Crippen LogP contribution in [0.4, 0.5) is 0 Å². The molecule has 1 saturated carbocycles. The number of rotatable bonds is 4. The molecule has 3 rings (SSSR count). The van der Waals surface area contributed by atoms with Crippen molar-refractivity contribution in [1.82, 2.24) is 15.8 Å². The van der Waals surface area contributed by atoms with Crippen LogP contribution in [0.3, 0.4) is 0 Å². The van der Waals surface area contributed by atoms with E-state index in [9.17, 15) is 19.2 Å². The van der Waals surface area contributed by atoms with Gasteiger partial charge in [0, 0.05) is 18.5 Å². The lowest BCUT2D eigenvalue weighted by atomic mass is 9.81. The van der Waals surface area contributed by atoms with Crippen molar-refractivity contribution in [3.63, 3.8) is 0 Å². The number of fused-ring (bicyclic) bond motifs is 1. The van der Waals surface area contributed by atoms with E-state index in [-0.39, 0.29) is 42.0 Å². The molecule has 0 spiro atoms. The number of hydrogen-bond donors (Lipinski definition) is 2. The molecular formula is C22H29N3O4. The third-order valence-electron chi connectivity index (χ3n) is 5.82. The van der Waals surface area contributed by atoms with Gasteiger partial charge in [-0.2, -0.15) is 0 Å². The highest BCUT2D eigenvalue weighted by Gasteiger charge is 2.47. The van der Waals surface area contributed by atoms with Gasteiger partial charge >= 0.3 is 0 Å². The zero-order chi connectivity index (χ0) is 21.2. The Morgan fingerprint density at radius 3 is 2.03 bits per heavy atom. The minimum Gasteiger partial charge on any atom is -0.282 e. The summed E-state index contributed by atoms with van der Waals surface area (Å²) in [4.78, 5) is 50.3. The van der Waals surface area contributed by atoms with Crippen LogP contribution in [0.2, 0.25) is 0 Å². The monoisotopic (exact) mass is 399 g/mol. The van der Waals surface area contributed by atoms with E-state index >= 15 is 0 Å². The van der Waals surface area contributed by atoms with Gasteiger partial charge in [-0.05, 0) is 36.0 Å². The molecule has 1 aliphatic heterocycles. The van der Waals surface area contributed by atoms with E-state index in [4.69, 9.17) is 0 Å². The van der Waals surface area contributed by atoms with E-state index in [1.54, 1.807) is 12.1 Å². The number of nitrogens with one attached hydrogen (secondary N) is 2. The summed E-state index contributed by atoms with van der Waals surface area (Å²) in [5.41, 5.74) is 6.27. The minimum atomic E-state index is -0.444. The van der Waals surface area contributed by atoms with Crippen LogP contribution in [-0.2, 0) is 19.8 Å². The standard InChI is InChI=1S/C22H29N3O4/c1-22(2,3)15-10-8-14(9-11-15)19(27)24-23-18(26)12-13-25-20(28)16-6-4-5-7-17(16)21(25)29/h8-11,16-17H,4-7,12-13H2,1-3H3,(H,23,26)(H,24,27)/t16-,17-/m0/s1. The fourth-order valence-electron chi connectivity index (χ4n) is 4.05. The zero-order valence-corrected chi connectivity index (χ0v) is 17.3. The van der Waals surface area contributed by atoms with Crippen LogP contribution in [0.1, 0.15) is 68.8 Å². The molecule has 2 fully saturated rings. The second-order valence-electron chi connectivity index (χ2n) is 8.91. The first kappa shape index (κ1) is 21.0. The molecule has 0 bridgehead atoms. The highest BCUT2D eigenvalue weighted by molar-refractivity contribution is 6.05. The molecule has 29 heavy (non-hydrogen) atoms. The molecule has 7 heteroatoms. The predicted octanol–water partition coefficient (Wildman–Crippen LogP) is 2.31. The molecule has 2 aliphatic rings. The average molecular weight is 399 g/mol. The first-order valence-corrected chi connectivity index (χ1v) is 10.2. The smallest absolute Gasteiger partial charge is 0.269 e. The molecule has 1 aromatic rings. The number of amides is 4. The van der Waals surface area contributed by atoms with E-state index < -0.39 is 11.8 Å². The van der Waals surface area contributed by atoms with Crippen LogP contribution >= 0.6 is 0 Å². The van der Waals surface area contributed by atoms with Crippen molar-refractivity contribution in [1.29, 1.82) is 0 Å². The van der Waals surface area contributed by atoms with Gasteiger partial charge in [-0.25, -0.2) is 0 Å². The van der Waals surface area contributed by atoms with Crippen LogP contribution in [0, 0.1) is 11.8 Å². The minimum absolute atomic E-state index is 0.00876. The Labute approximate surface area is 171 Å². The summed E-state index contributed by atoms with van der Waals surface area (Å²) in [7, 11) is 0. The molecule has 2 atom stereocenters. The maximum absolute atomic E-state index is 12.4. The Bertz CT molecular complexity index is 786. The van der Waals surface area contributed by atoms with Crippen LogP contribution in [0.25, 0.3) is 0 Å². The van der Waals surface area contributed by atoms with Gasteiger partial charge in [-0.1, -0.05) is 45.7 Å². The van der Waals surface area contributed by atoms with Gasteiger partial charge in [0.25, 0.3) is 5.91 Å². The number of nitrogens with zero attached hydrogens (tertiary/aromatic N) is 1. The van der Waals surface area contributed by atoms with Crippen molar-refractivity contribution >= 4 is 23.6 Å². The van der Waals surface area contributed by atoms with Crippen LogP contribution < -0.4 is 10.9 Å². The third kappa shape index (κ3) is 4.66. The van der Waals surface area contributed by atoms with Crippen LogP contribution in [0.15, 0.2) is 24.3 Å². The summed E-state index contributed by atoms with van der Waals surface area (Å²) < 4.78 is 0. The lowest BCUT2D eigenvalue weighted by Gasteiger charge is -2.19. The fourth-order valence-corrected chi connectivity index (χ4v) is 4.05. The molecule has 0 aromatic heterocycles. The topological polar surface area (TPSA) is 95.6 Å². The van der Waals surface area contributed by atoms with E-state index in [0.717, 1.165) is 31.2 Å². The van der Waals surface area contributed by atoms with Crippen molar-refractivity contribution in [3.05, 3.63) is 35.4 Å². The van der Waals surface area contributed by atoms with Gasteiger partial charge in [0.2, 0.25) is 17.7 Å². The lowest BCUT2D eigenvalue weighted by Crippen LogP contribution is -2.43. The highest BCUT2D eigenvalue weighted by atomic mass is 16.2. The Morgan fingerprint density at radius 2 is 1.52 bits per heavy atom. The average Bonchev–Trinajstić information content (AvgIpc) is 2.94. The molecule has 0 radical (unpaired) electrons. The molecule has 4 amide bonds. The highest BCUT2D eigenvalue weighted by Crippen LogP contribution is 2.37.